The van der Waals surface area contributed by atoms with Crippen LogP contribution < -0.4 is 38.0 Å². The van der Waals surface area contributed by atoms with E-state index in [1.165, 1.54) is 84.1 Å². The summed E-state index contributed by atoms with van der Waals surface area (Å²) in [6.45, 7) is 2.60. The fraction of sp³-hybridized carbons (Fsp3) is 0.321. The lowest BCUT2D eigenvalue weighted by Gasteiger charge is -2.26. The summed E-state index contributed by atoms with van der Waals surface area (Å²) in [5.41, 5.74) is 0.0245. The zero-order valence-electron chi connectivity index (χ0n) is 24.8. The van der Waals surface area contributed by atoms with Gasteiger partial charge in [-0.1, -0.05) is 0 Å². The van der Waals surface area contributed by atoms with Crippen molar-refractivity contribution in [3.63, 3.8) is 0 Å². The molecule has 234 valence electrons. The minimum Gasteiger partial charge on any atom is -0.497 e. The van der Waals surface area contributed by atoms with Crippen molar-refractivity contribution in [1.82, 2.24) is 4.72 Å². The molecule has 0 aliphatic rings. The van der Waals surface area contributed by atoms with E-state index in [-0.39, 0.29) is 44.5 Å². The molecule has 13 nitrogen and oxygen atoms in total. The normalized spacial score (nSPS) is 11.5. The van der Waals surface area contributed by atoms with Crippen LogP contribution in [0.15, 0.2) is 64.4 Å². The lowest BCUT2D eigenvalue weighted by atomic mass is 10.2. The zero-order valence-corrected chi connectivity index (χ0v) is 26.5. The molecule has 3 aromatic rings. The Hall–Kier alpha value is -4.21. The highest BCUT2D eigenvalue weighted by atomic mass is 32.2. The predicted molar refractivity (Wildman–Crippen MR) is 161 cm³/mol. The maximum atomic E-state index is 14.1. The van der Waals surface area contributed by atoms with Gasteiger partial charge in [0.2, 0.25) is 15.9 Å². The molecule has 0 aliphatic carbocycles. The quantitative estimate of drug-likeness (QED) is 0.269. The number of rotatable bonds is 14. The number of methoxy groups -OCH3 is 5. The van der Waals surface area contributed by atoms with E-state index in [1.54, 1.807) is 19.9 Å². The van der Waals surface area contributed by atoms with Crippen LogP contribution in [0.1, 0.15) is 13.8 Å². The summed E-state index contributed by atoms with van der Waals surface area (Å²) in [6.07, 6.45) is 0. The summed E-state index contributed by atoms with van der Waals surface area (Å²) in [4.78, 5) is 13.2. The van der Waals surface area contributed by atoms with Gasteiger partial charge in [0.25, 0.3) is 10.0 Å². The smallest absolute Gasteiger partial charge is 0.265 e. The molecule has 0 heterocycles. The fourth-order valence-electron chi connectivity index (χ4n) is 4.05. The van der Waals surface area contributed by atoms with Gasteiger partial charge in [0, 0.05) is 18.2 Å². The van der Waals surface area contributed by atoms with E-state index in [1.807, 2.05) is 0 Å². The SMILES string of the molecule is COc1ccc(OC)c(N(CC(=O)Nc2cc(S(=O)(=O)NC(C)C)ccc2OC)S(=O)(=O)c2ccc(OC)c(OC)c2)c1. The van der Waals surface area contributed by atoms with E-state index in [9.17, 15) is 21.6 Å². The number of nitrogens with one attached hydrogen (secondary N) is 2. The van der Waals surface area contributed by atoms with Crippen molar-refractivity contribution in [2.45, 2.75) is 29.7 Å². The number of hydrogen-bond donors (Lipinski definition) is 2. The Balaban J connectivity index is 2.11. The summed E-state index contributed by atoms with van der Waals surface area (Å²) in [5, 5.41) is 2.58. The molecule has 0 radical (unpaired) electrons. The Bertz CT molecular complexity index is 1680. The van der Waals surface area contributed by atoms with Crippen LogP contribution in [-0.4, -0.2) is 70.9 Å². The molecule has 2 N–H and O–H groups in total. The topological polar surface area (TPSA) is 159 Å². The second-order valence-electron chi connectivity index (χ2n) is 9.25. The molecule has 0 saturated heterocycles. The molecule has 1 amide bonds. The molecule has 0 aromatic heterocycles. The summed E-state index contributed by atoms with van der Waals surface area (Å²) in [7, 11) is -1.47. The first-order valence-electron chi connectivity index (χ1n) is 12.8. The van der Waals surface area contributed by atoms with Crippen molar-refractivity contribution in [2.24, 2.45) is 0 Å². The molecule has 3 rings (SSSR count). The van der Waals surface area contributed by atoms with E-state index in [0.717, 1.165) is 4.31 Å². The maximum Gasteiger partial charge on any atom is 0.265 e. The second-order valence-corrected chi connectivity index (χ2v) is 12.8. The number of nitrogens with zero attached hydrogens (tertiary/aromatic N) is 1. The summed E-state index contributed by atoms with van der Waals surface area (Å²) >= 11 is 0. The maximum absolute atomic E-state index is 14.1. The van der Waals surface area contributed by atoms with Crippen molar-refractivity contribution in [3.05, 3.63) is 54.6 Å². The van der Waals surface area contributed by atoms with Crippen molar-refractivity contribution < 1.29 is 45.3 Å². The molecule has 0 unspecified atom stereocenters. The van der Waals surface area contributed by atoms with Gasteiger partial charge in [-0.15, -0.1) is 0 Å². The third-order valence-electron chi connectivity index (χ3n) is 6.03. The number of ether oxygens (including phenoxy) is 5. The van der Waals surface area contributed by atoms with Gasteiger partial charge in [0.15, 0.2) is 11.5 Å². The fourth-order valence-corrected chi connectivity index (χ4v) is 6.76. The van der Waals surface area contributed by atoms with Gasteiger partial charge in [0.1, 0.15) is 23.8 Å². The summed E-state index contributed by atoms with van der Waals surface area (Å²) in [5.74, 6) is 0.259. The van der Waals surface area contributed by atoms with Crippen LogP contribution in [0.25, 0.3) is 0 Å². The van der Waals surface area contributed by atoms with Crippen LogP contribution >= 0.6 is 0 Å². The number of amides is 1. The first kappa shape index (κ1) is 33.3. The molecule has 0 aliphatic heterocycles. The largest absolute Gasteiger partial charge is 0.497 e. The predicted octanol–water partition coefficient (Wildman–Crippen LogP) is 3.25. The Kier molecular flexibility index (Phi) is 10.7. The van der Waals surface area contributed by atoms with Crippen LogP contribution in [0.5, 0.6) is 28.7 Å². The Morgan fingerprint density at radius 3 is 1.88 bits per heavy atom. The van der Waals surface area contributed by atoms with Gasteiger partial charge >= 0.3 is 0 Å². The summed E-state index contributed by atoms with van der Waals surface area (Å²) < 4.78 is 83.6. The molecule has 0 atom stereocenters. The monoisotopic (exact) mass is 637 g/mol. The number of sulfonamides is 2. The van der Waals surface area contributed by atoms with Gasteiger partial charge in [-0.2, -0.15) is 0 Å². The lowest BCUT2D eigenvalue weighted by molar-refractivity contribution is -0.114. The highest BCUT2D eigenvalue weighted by Gasteiger charge is 2.31. The van der Waals surface area contributed by atoms with Crippen LogP contribution in [0.3, 0.4) is 0 Å². The van der Waals surface area contributed by atoms with Crippen LogP contribution in [-0.2, 0) is 24.8 Å². The number of hydrogen-bond acceptors (Lipinski definition) is 10. The molecular formula is C28H35N3O10S2. The number of anilines is 2. The van der Waals surface area contributed by atoms with Gasteiger partial charge in [-0.05, 0) is 56.3 Å². The third kappa shape index (κ3) is 7.60. The van der Waals surface area contributed by atoms with Gasteiger partial charge in [0.05, 0.1) is 56.7 Å². The lowest BCUT2D eigenvalue weighted by Crippen LogP contribution is -2.38. The molecule has 15 heteroatoms. The average Bonchev–Trinajstić information content (AvgIpc) is 2.98. The molecule has 0 spiro atoms. The molecular weight excluding hydrogens is 602 g/mol. The highest BCUT2D eigenvalue weighted by Crippen LogP contribution is 2.38. The van der Waals surface area contributed by atoms with E-state index >= 15 is 0 Å². The Labute approximate surface area is 251 Å². The van der Waals surface area contributed by atoms with Crippen LogP contribution in [0.2, 0.25) is 0 Å². The van der Waals surface area contributed by atoms with E-state index in [0.29, 0.717) is 11.5 Å². The first-order chi connectivity index (χ1) is 20.3. The van der Waals surface area contributed by atoms with E-state index < -0.39 is 32.5 Å². The molecule has 0 fully saturated rings. The molecule has 43 heavy (non-hydrogen) atoms. The summed E-state index contributed by atoms with van der Waals surface area (Å²) in [6, 6.07) is 12.1. The highest BCUT2D eigenvalue weighted by molar-refractivity contribution is 7.93. The first-order valence-corrected chi connectivity index (χ1v) is 15.7. The van der Waals surface area contributed by atoms with Crippen LogP contribution in [0, 0.1) is 0 Å². The van der Waals surface area contributed by atoms with Crippen molar-refractivity contribution in [2.75, 3.05) is 51.7 Å². The third-order valence-corrected chi connectivity index (χ3v) is 9.44. The Morgan fingerprint density at radius 2 is 1.30 bits per heavy atom. The van der Waals surface area contributed by atoms with Crippen molar-refractivity contribution in [1.29, 1.82) is 0 Å². The standard InChI is InChI=1S/C28H35N3O10S2/c1-18(2)30-42(33,34)20-9-12-24(38-4)22(15-20)29-28(32)17-31(23-14-19(37-3)8-11-25(23)39-5)43(35,36)21-10-13-26(40-6)27(16-21)41-7/h8-16,18,30H,17H2,1-7H3,(H,29,32). The van der Waals surface area contributed by atoms with E-state index in [4.69, 9.17) is 23.7 Å². The number of carbonyl (C=O) groups excluding carboxylic acids is 1. The minimum absolute atomic E-state index is 0.0104. The number of carbonyl (C=O) groups is 1. The van der Waals surface area contributed by atoms with E-state index in [2.05, 4.69) is 10.0 Å². The second kappa shape index (κ2) is 13.8. The molecule has 3 aromatic carbocycles. The van der Waals surface area contributed by atoms with Gasteiger partial charge in [-0.25, -0.2) is 21.6 Å². The zero-order chi connectivity index (χ0) is 31.9. The average molecular weight is 638 g/mol. The van der Waals surface area contributed by atoms with Gasteiger partial charge < -0.3 is 29.0 Å². The van der Waals surface area contributed by atoms with Crippen molar-refractivity contribution in [3.8, 4) is 28.7 Å². The molecule has 0 bridgehead atoms. The number of benzene rings is 3. The van der Waals surface area contributed by atoms with Crippen molar-refractivity contribution >= 4 is 37.3 Å². The Morgan fingerprint density at radius 1 is 0.721 bits per heavy atom. The molecule has 0 saturated carbocycles. The minimum atomic E-state index is -4.45. The van der Waals surface area contributed by atoms with Crippen LogP contribution in [0.4, 0.5) is 11.4 Å². The van der Waals surface area contributed by atoms with Gasteiger partial charge in [-0.3, -0.25) is 9.10 Å².